The van der Waals surface area contributed by atoms with E-state index in [1.54, 1.807) is 0 Å². The van der Waals surface area contributed by atoms with Crippen molar-refractivity contribution in [3.05, 3.63) is 0 Å². The van der Waals surface area contributed by atoms with Gasteiger partial charge in [-0.05, 0) is 54.6 Å². The van der Waals surface area contributed by atoms with Crippen molar-refractivity contribution in [1.29, 1.82) is 0 Å². The zero-order valence-electron chi connectivity index (χ0n) is 10.7. The molecule has 0 aromatic heterocycles. The van der Waals surface area contributed by atoms with Crippen LogP contribution in [0.4, 0.5) is 0 Å². The summed E-state index contributed by atoms with van der Waals surface area (Å²) in [5.41, 5.74) is 0.330. The van der Waals surface area contributed by atoms with Crippen molar-refractivity contribution in [2.75, 3.05) is 20.6 Å². The summed E-state index contributed by atoms with van der Waals surface area (Å²) >= 11 is 0. The van der Waals surface area contributed by atoms with Gasteiger partial charge in [-0.3, -0.25) is 4.90 Å². The van der Waals surface area contributed by atoms with Crippen molar-refractivity contribution in [3.63, 3.8) is 0 Å². The highest BCUT2D eigenvalue weighted by molar-refractivity contribution is 4.89. The molecule has 0 saturated carbocycles. The molecule has 1 aliphatic rings. The highest BCUT2D eigenvalue weighted by atomic mass is 15.2. The van der Waals surface area contributed by atoms with Gasteiger partial charge in [-0.15, -0.1) is 0 Å². The molecule has 2 nitrogen and oxygen atoms in total. The van der Waals surface area contributed by atoms with E-state index in [2.05, 4.69) is 51.6 Å². The van der Waals surface area contributed by atoms with Crippen LogP contribution in [0.5, 0.6) is 0 Å². The second-order valence-corrected chi connectivity index (χ2v) is 5.86. The molecule has 14 heavy (non-hydrogen) atoms. The summed E-state index contributed by atoms with van der Waals surface area (Å²) in [7, 11) is 4.40. The lowest BCUT2D eigenvalue weighted by molar-refractivity contribution is 0.0284. The highest BCUT2D eigenvalue weighted by Crippen LogP contribution is 2.26. The zero-order valence-corrected chi connectivity index (χ0v) is 10.7. The zero-order chi connectivity index (χ0) is 10.9. The molecule has 0 spiro atoms. The van der Waals surface area contributed by atoms with Crippen molar-refractivity contribution >= 4 is 0 Å². The normalized spacial score (nSPS) is 31.1. The first-order valence-corrected chi connectivity index (χ1v) is 5.75. The molecule has 1 rings (SSSR count). The van der Waals surface area contributed by atoms with Crippen LogP contribution < -0.4 is 0 Å². The van der Waals surface area contributed by atoms with Crippen molar-refractivity contribution in [1.82, 2.24) is 9.80 Å². The van der Waals surface area contributed by atoms with Crippen LogP contribution in [-0.2, 0) is 0 Å². The van der Waals surface area contributed by atoms with E-state index in [1.807, 2.05) is 0 Å². The fourth-order valence-corrected chi connectivity index (χ4v) is 2.61. The fourth-order valence-electron chi connectivity index (χ4n) is 2.61. The lowest BCUT2D eigenvalue weighted by atomic mass is 9.92. The van der Waals surface area contributed by atoms with Crippen LogP contribution in [0.25, 0.3) is 0 Å². The average molecular weight is 198 g/mol. The van der Waals surface area contributed by atoms with E-state index in [9.17, 15) is 0 Å². The Balaban J connectivity index is 2.56. The molecule has 0 aliphatic carbocycles. The van der Waals surface area contributed by atoms with Gasteiger partial charge in [0.2, 0.25) is 0 Å². The third-order valence-electron chi connectivity index (χ3n) is 3.44. The van der Waals surface area contributed by atoms with Crippen LogP contribution in [-0.4, -0.2) is 48.1 Å². The van der Waals surface area contributed by atoms with Gasteiger partial charge in [0.25, 0.3) is 0 Å². The summed E-state index contributed by atoms with van der Waals surface area (Å²) in [6, 6.07) is 1.50. The van der Waals surface area contributed by atoms with E-state index >= 15 is 0 Å². The first-order chi connectivity index (χ1) is 6.32. The molecule has 0 amide bonds. The molecule has 1 unspecified atom stereocenters. The largest absolute Gasteiger partial charge is 0.306 e. The molecule has 0 aromatic rings. The maximum Gasteiger partial charge on any atom is 0.0127 e. The average Bonchev–Trinajstić information content (AvgIpc) is 2.01. The van der Waals surface area contributed by atoms with Gasteiger partial charge in [-0.1, -0.05) is 0 Å². The molecular formula is C12H26N2. The number of likely N-dealkylation sites (tertiary alicyclic amines) is 1. The van der Waals surface area contributed by atoms with Gasteiger partial charge in [-0.25, -0.2) is 0 Å². The van der Waals surface area contributed by atoms with E-state index in [-0.39, 0.29) is 0 Å². The molecule has 1 fully saturated rings. The molecule has 84 valence electrons. The fraction of sp³-hybridized carbons (Fsp3) is 1.00. The van der Waals surface area contributed by atoms with Crippen LogP contribution in [0.3, 0.4) is 0 Å². The topological polar surface area (TPSA) is 6.48 Å². The Morgan fingerprint density at radius 2 is 1.79 bits per heavy atom. The van der Waals surface area contributed by atoms with Gasteiger partial charge in [0.1, 0.15) is 0 Å². The van der Waals surface area contributed by atoms with Crippen molar-refractivity contribution in [2.24, 2.45) is 0 Å². The molecule has 1 aliphatic heterocycles. The first-order valence-electron chi connectivity index (χ1n) is 5.75. The summed E-state index contributed by atoms with van der Waals surface area (Å²) in [6.07, 6.45) is 2.62. The van der Waals surface area contributed by atoms with E-state index in [0.29, 0.717) is 5.54 Å². The molecule has 0 N–H and O–H groups in total. The Kier molecular flexibility index (Phi) is 3.59. The van der Waals surface area contributed by atoms with E-state index in [4.69, 9.17) is 0 Å². The Bertz CT molecular complexity index is 181. The summed E-state index contributed by atoms with van der Waals surface area (Å²) < 4.78 is 0. The number of hydrogen-bond acceptors (Lipinski definition) is 2. The number of rotatable bonds is 1. The maximum absolute atomic E-state index is 2.63. The van der Waals surface area contributed by atoms with Crippen molar-refractivity contribution in [3.8, 4) is 0 Å². The van der Waals surface area contributed by atoms with Crippen LogP contribution in [0.15, 0.2) is 0 Å². The first kappa shape index (κ1) is 12.0. The Hall–Kier alpha value is -0.0800. The van der Waals surface area contributed by atoms with Crippen molar-refractivity contribution in [2.45, 2.75) is 58.2 Å². The van der Waals surface area contributed by atoms with Gasteiger partial charge in [0, 0.05) is 24.2 Å². The minimum absolute atomic E-state index is 0.330. The van der Waals surface area contributed by atoms with Gasteiger partial charge in [-0.2, -0.15) is 0 Å². The van der Waals surface area contributed by atoms with Crippen LogP contribution >= 0.6 is 0 Å². The molecule has 0 aromatic carbocycles. The summed E-state index contributed by atoms with van der Waals surface area (Å²) in [5.74, 6) is 0. The lowest BCUT2D eigenvalue weighted by Gasteiger charge is -2.46. The highest BCUT2D eigenvalue weighted by Gasteiger charge is 2.32. The quantitative estimate of drug-likeness (QED) is 0.637. The number of piperidine rings is 1. The third kappa shape index (κ3) is 2.71. The Labute approximate surface area is 89.3 Å². The monoisotopic (exact) mass is 198 g/mol. The Morgan fingerprint density at radius 1 is 1.21 bits per heavy atom. The van der Waals surface area contributed by atoms with Crippen LogP contribution in [0.2, 0.25) is 0 Å². The smallest absolute Gasteiger partial charge is 0.0127 e. The summed E-state index contributed by atoms with van der Waals surface area (Å²) in [4.78, 5) is 5.00. The standard InChI is InChI=1S/C12H26N2/c1-10-9-11(13(5)6)7-8-14(10)12(2,3)4/h10-11H,7-9H2,1-6H3/t10-,11?/m1/s1. The summed E-state index contributed by atoms with van der Waals surface area (Å²) in [5, 5.41) is 0. The minimum Gasteiger partial charge on any atom is -0.306 e. The third-order valence-corrected chi connectivity index (χ3v) is 3.44. The van der Waals surface area contributed by atoms with E-state index < -0.39 is 0 Å². The summed E-state index contributed by atoms with van der Waals surface area (Å²) in [6.45, 7) is 10.6. The van der Waals surface area contributed by atoms with Gasteiger partial charge >= 0.3 is 0 Å². The predicted octanol–water partition coefficient (Wildman–Crippen LogP) is 2.20. The maximum atomic E-state index is 2.63. The molecule has 2 heteroatoms. The van der Waals surface area contributed by atoms with Gasteiger partial charge in [0.15, 0.2) is 0 Å². The van der Waals surface area contributed by atoms with Crippen LogP contribution in [0, 0.1) is 0 Å². The molecular weight excluding hydrogens is 172 g/mol. The van der Waals surface area contributed by atoms with E-state index in [1.165, 1.54) is 19.4 Å². The predicted molar refractivity (Wildman–Crippen MR) is 62.6 cm³/mol. The van der Waals surface area contributed by atoms with Crippen LogP contribution in [0.1, 0.15) is 40.5 Å². The number of hydrogen-bond donors (Lipinski definition) is 0. The second-order valence-electron chi connectivity index (χ2n) is 5.86. The molecule has 1 saturated heterocycles. The second kappa shape index (κ2) is 4.19. The van der Waals surface area contributed by atoms with Gasteiger partial charge < -0.3 is 4.90 Å². The lowest BCUT2D eigenvalue weighted by Crippen LogP contribution is -2.54. The molecule has 2 atom stereocenters. The van der Waals surface area contributed by atoms with Gasteiger partial charge in [0.05, 0.1) is 0 Å². The SMILES string of the molecule is C[C@@H]1CC(N(C)C)CCN1C(C)(C)C. The minimum atomic E-state index is 0.330. The molecule has 0 radical (unpaired) electrons. The Morgan fingerprint density at radius 3 is 2.14 bits per heavy atom. The number of nitrogens with zero attached hydrogens (tertiary/aromatic N) is 2. The molecule has 1 heterocycles. The molecule has 0 bridgehead atoms. The van der Waals surface area contributed by atoms with E-state index in [0.717, 1.165) is 12.1 Å². The van der Waals surface area contributed by atoms with Crippen molar-refractivity contribution < 1.29 is 0 Å².